The third-order valence-corrected chi connectivity index (χ3v) is 4.31. The maximum atomic E-state index is 12.5. The molecule has 134 valence electrons. The summed E-state index contributed by atoms with van der Waals surface area (Å²) >= 11 is 5.86. The Morgan fingerprint density at radius 3 is 2.81 bits per heavy atom. The van der Waals surface area contributed by atoms with E-state index >= 15 is 0 Å². The van der Waals surface area contributed by atoms with Crippen LogP contribution < -0.4 is 15.5 Å². The maximum absolute atomic E-state index is 12.5. The Labute approximate surface area is 160 Å². The molecule has 4 rings (SSSR count). The van der Waals surface area contributed by atoms with Crippen molar-refractivity contribution in [3.8, 4) is 11.6 Å². The van der Waals surface area contributed by atoms with Crippen LogP contribution >= 0.6 is 11.6 Å². The predicted octanol–water partition coefficient (Wildman–Crippen LogP) is 3.00. The summed E-state index contributed by atoms with van der Waals surface area (Å²) < 4.78 is 10.8. The van der Waals surface area contributed by atoms with Crippen LogP contribution in [0, 0.1) is 0 Å². The third-order valence-electron chi connectivity index (χ3n) is 4.06. The minimum atomic E-state index is -0.909. The zero-order valence-corrected chi connectivity index (χ0v) is 14.8. The van der Waals surface area contributed by atoms with Gasteiger partial charge in [-0.3, -0.25) is 4.79 Å². The van der Waals surface area contributed by atoms with Crippen LogP contribution in [0.5, 0.6) is 11.6 Å². The minimum Gasteiger partial charge on any atom is -0.439 e. The fourth-order valence-corrected chi connectivity index (χ4v) is 2.85. The van der Waals surface area contributed by atoms with Gasteiger partial charge in [0.2, 0.25) is 5.88 Å². The zero-order valence-electron chi connectivity index (χ0n) is 14.1. The molecule has 0 saturated heterocycles. The summed E-state index contributed by atoms with van der Waals surface area (Å²) in [4.78, 5) is 16.7. The molecule has 0 spiro atoms. The first-order valence-electron chi connectivity index (χ1n) is 8.23. The van der Waals surface area contributed by atoms with E-state index < -0.39 is 7.12 Å². The van der Waals surface area contributed by atoms with Crippen LogP contribution in [0.3, 0.4) is 0 Å². The number of nitrogens with zero attached hydrogens (tertiary/aromatic N) is 1. The molecular formula is C19H14BClN2O4. The first-order chi connectivity index (χ1) is 13.1. The highest BCUT2D eigenvalue weighted by Gasteiger charge is 2.27. The summed E-state index contributed by atoms with van der Waals surface area (Å²) in [5.41, 5.74) is 2.37. The Bertz CT molecular complexity index is 997. The Kier molecular flexibility index (Phi) is 4.81. The van der Waals surface area contributed by atoms with Crippen LogP contribution in [0.25, 0.3) is 0 Å². The highest BCUT2D eigenvalue weighted by molar-refractivity contribution is 6.61. The summed E-state index contributed by atoms with van der Waals surface area (Å²) in [6.07, 6.45) is 0. The lowest BCUT2D eigenvalue weighted by molar-refractivity contribution is 0.102. The van der Waals surface area contributed by atoms with E-state index in [-0.39, 0.29) is 11.6 Å². The van der Waals surface area contributed by atoms with Crippen LogP contribution in [0.1, 0.15) is 16.1 Å². The van der Waals surface area contributed by atoms with Gasteiger partial charge < -0.3 is 19.7 Å². The van der Waals surface area contributed by atoms with E-state index in [1.165, 1.54) is 0 Å². The van der Waals surface area contributed by atoms with Crippen molar-refractivity contribution in [3.05, 3.63) is 76.9 Å². The Balaban J connectivity index is 1.48. The molecule has 0 bridgehead atoms. The number of rotatable bonds is 4. The molecule has 0 saturated carbocycles. The van der Waals surface area contributed by atoms with Gasteiger partial charge in [0.1, 0.15) is 11.4 Å². The van der Waals surface area contributed by atoms with Crippen LogP contribution in [-0.2, 0) is 11.3 Å². The molecule has 6 nitrogen and oxygen atoms in total. The molecule has 1 aliphatic heterocycles. The van der Waals surface area contributed by atoms with E-state index in [9.17, 15) is 9.82 Å². The van der Waals surface area contributed by atoms with Crippen molar-refractivity contribution in [2.45, 2.75) is 6.61 Å². The molecule has 1 aliphatic rings. The quantitative estimate of drug-likeness (QED) is 0.680. The molecule has 0 unspecified atom stereocenters. The predicted molar refractivity (Wildman–Crippen MR) is 103 cm³/mol. The Hall–Kier alpha value is -2.87. The number of halogens is 1. The van der Waals surface area contributed by atoms with Gasteiger partial charge in [-0.2, -0.15) is 0 Å². The molecule has 8 heteroatoms. The average Bonchev–Trinajstić information content (AvgIpc) is 3.04. The van der Waals surface area contributed by atoms with Gasteiger partial charge in [-0.05, 0) is 53.5 Å². The number of amides is 1. The summed E-state index contributed by atoms with van der Waals surface area (Å²) in [6, 6.07) is 17.0. The number of nitrogens with one attached hydrogen (secondary N) is 1. The summed E-state index contributed by atoms with van der Waals surface area (Å²) in [5.74, 6) is 0.507. The molecule has 27 heavy (non-hydrogen) atoms. The van der Waals surface area contributed by atoms with E-state index in [1.54, 1.807) is 60.7 Å². The van der Waals surface area contributed by atoms with Crippen molar-refractivity contribution in [2.75, 3.05) is 5.32 Å². The molecule has 2 N–H and O–H groups in total. The zero-order chi connectivity index (χ0) is 18.8. The smallest absolute Gasteiger partial charge is 0.439 e. The lowest BCUT2D eigenvalue weighted by atomic mass is 9.79. The number of carbonyl (C=O) groups is 1. The molecule has 1 aromatic heterocycles. The highest BCUT2D eigenvalue weighted by Crippen LogP contribution is 2.22. The van der Waals surface area contributed by atoms with Gasteiger partial charge in [0, 0.05) is 16.8 Å². The first kappa shape index (κ1) is 17.5. The van der Waals surface area contributed by atoms with Gasteiger partial charge in [0.15, 0.2) is 0 Å². The second kappa shape index (κ2) is 7.40. The van der Waals surface area contributed by atoms with Gasteiger partial charge in [-0.25, -0.2) is 4.98 Å². The number of carbonyl (C=O) groups excluding carboxylic acids is 1. The monoisotopic (exact) mass is 380 g/mol. The number of hydrogen-bond acceptors (Lipinski definition) is 5. The average molecular weight is 381 g/mol. The second-order valence-corrected chi connectivity index (χ2v) is 6.38. The number of anilines is 1. The molecule has 0 fully saturated rings. The normalized spacial score (nSPS) is 12.6. The van der Waals surface area contributed by atoms with E-state index in [2.05, 4.69) is 10.3 Å². The number of ether oxygens (including phenoxy) is 1. The van der Waals surface area contributed by atoms with Crippen LogP contribution in [0.4, 0.5) is 5.69 Å². The van der Waals surface area contributed by atoms with Crippen molar-refractivity contribution in [2.24, 2.45) is 0 Å². The molecular weight excluding hydrogens is 366 g/mol. The lowest BCUT2D eigenvalue weighted by Gasteiger charge is -2.09. The van der Waals surface area contributed by atoms with E-state index in [0.717, 1.165) is 5.56 Å². The molecule has 0 aliphatic carbocycles. The Morgan fingerprint density at radius 1 is 1.19 bits per heavy atom. The fraction of sp³-hybridized carbons (Fsp3) is 0.0526. The van der Waals surface area contributed by atoms with Crippen molar-refractivity contribution in [3.63, 3.8) is 0 Å². The number of aromatic nitrogens is 1. The number of hydrogen-bond donors (Lipinski definition) is 2. The van der Waals surface area contributed by atoms with Gasteiger partial charge >= 0.3 is 7.12 Å². The Morgan fingerprint density at radius 2 is 2.00 bits per heavy atom. The van der Waals surface area contributed by atoms with Crippen molar-refractivity contribution >= 4 is 35.8 Å². The standard InChI is InChI=1S/C19H14BClN2O4/c21-13-4-7-15(8-5-13)27-18-3-1-2-17(23-18)19(24)22-14-6-9-16-12(10-14)11-26-20(16)25/h1-10,25H,11H2,(H,22,24). The van der Waals surface area contributed by atoms with E-state index in [1.807, 2.05) is 0 Å². The number of benzene rings is 2. The second-order valence-electron chi connectivity index (χ2n) is 5.95. The van der Waals surface area contributed by atoms with E-state index in [0.29, 0.717) is 34.4 Å². The molecule has 3 aromatic rings. The largest absolute Gasteiger partial charge is 0.491 e. The number of fused-ring (bicyclic) bond motifs is 1. The van der Waals surface area contributed by atoms with Gasteiger partial charge in [-0.15, -0.1) is 0 Å². The molecule has 2 heterocycles. The minimum absolute atomic E-state index is 0.221. The van der Waals surface area contributed by atoms with Crippen LogP contribution in [0.2, 0.25) is 5.02 Å². The van der Waals surface area contributed by atoms with Crippen molar-refractivity contribution in [1.82, 2.24) is 4.98 Å². The summed E-state index contributed by atoms with van der Waals surface area (Å²) in [7, 11) is -0.909. The van der Waals surface area contributed by atoms with Crippen LogP contribution in [0.15, 0.2) is 60.7 Å². The molecule has 2 aromatic carbocycles. The van der Waals surface area contributed by atoms with Crippen molar-refractivity contribution < 1.29 is 19.2 Å². The fourth-order valence-electron chi connectivity index (χ4n) is 2.72. The summed E-state index contributed by atoms with van der Waals surface area (Å²) in [5, 5.41) is 13.1. The summed E-state index contributed by atoms with van der Waals surface area (Å²) in [6.45, 7) is 0.308. The first-order valence-corrected chi connectivity index (χ1v) is 8.60. The number of pyridine rings is 1. The van der Waals surface area contributed by atoms with Gasteiger partial charge in [0.05, 0.1) is 6.61 Å². The molecule has 0 atom stereocenters. The third kappa shape index (κ3) is 3.95. The molecule has 1 amide bonds. The SMILES string of the molecule is O=C(Nc1ccc2c(c1)COB2O)c1cccc(Oc2ccc(Cl)cc2)n1. The topological polar surface area (TPSA) is 80.7 Å². The van der Waals surface area contributed by atoms with E-state index in [4.69, 9.17) is 21.0 Å². The van der Waals surface area contributed by atoms with Crippen molar-refractivity contribution in [1.29, 1.82) is 0 Å². The lowest BCUT2D eigenvalue weighted by Crippen LogP contribution is -2.28. The van der Waals surface area contributed by atoms with Crippen LogP contribution in [-0.4, -0.2) is 23.0 Å². The molecule has 0 radical (unpaired) electrons. The van der Waals surface area contributed by atoms with Gasteiger partial charge in [-0.1, -0.05) is 23.7 Å². The van der Waals surface area contributed by atoms with Gasteiger partial charge in [0.25, 0.3) is 5.91 Å². The maximum Gasteiger partial charge on any atom is 0.491 e. The highest BCUT2D eigenvalue weighted by atomic mass is 35.5.